The van der Waals surface area contributed by atoms with Crippen LogP contribution in [0.25, 0.3) is 0 Å². The maximum Gasteiger partial charge on any atom is 0.417 e. The second-order valence-corrected chi connectivity index (χ2v) is 5.79. The molecule has 9 heteroatoms. The summed E-state index contributed by atoms with van der Waals surface area (Å²) in [6, 6.07) is 2.99. The number of carbonyl (C=O) groups excluding carboxylic acids is 2. The molecule has 4 nitrogen and oxygen atoms in total. The summed E-state index contributed by atoms with van der Waals surface area (Å²) in [5.41, 5.74) is -1.16. The summed E-state index contributed by atoms with van der Waals surface area (Å²) in [5.74, 6) is -2.26. The number of carbonyl (C=O) groups is 2. The quantitative estimate of drug-likeness (QED) is 0.549. The first kappa shape index (κ1) is 20.6. The first-order valence-corrected chi connectivity index (χ1v) is 8.13. The van der Waals surface area contributed by atoms with Crippen molar-refractivity contribution in [3.63, 3.8) is 0 Å². The molecule has 1 unspecified atom stereocenters. The number of benzene rings is 1. The van der Waals surface area contributed by atoms with Crippen LogP contribution in [0.4, 0.5) is 18.9 Å². The summed E-state index contributed by atoms with van der Waals surface area (Å²) in [5, 5.41) is 4.40. The molecule has 24 heavy (non-hydrogen) atoms. The van der Waals surface area contributed by atoms with Gasteiger partial charge in [0.25, 0.3) is 0 Å². The Kier molecular flexibility index (Phi) is 7.83. The van der Waals surface area contributed by atoms with Crippen LogP contribution in [0.2, 0.25) is 5.02 Å². The van der Waals surface area contributed by atoms with Crippen LogP contribution in [-0.4, -0.2) is 24.2 Å². The Hall–Kier alpha value is -1.47. The van der Waals surface area contributed by atoms with E-state index in [9.17, 15) is 22.8 Å². The smallest absolute Gasteiger partial charge is 0.355 e. The van der Waals surface area contributed by atoms with Crippen molar-refractivity contribution in [1.29, 1.82) is 0 Å². The molecule has 1 aromatic rings. The first-order chi connectivity index (χ1) is 11.2. The van der Waals surface area contributed by atoms with E-state index in [4.69, 9.17) is 23.2 Å². The highest BCUT2D eigenvalue weighted by molar-refractivity contribution is 6.31. The molecule has 134 valence electrons. The van der Waals surface area contributed by atoms with Gasteiger partial charge in [-0.05, 0) is 31.0 Å². The van der Waals surface area contributed by atoms with Crippen LogP contribution in [0.3, 0.4) is 0 Å². The zero-order valence-corrected chi connectivity index (χ0v) is 14.4. The Morgan fingerprint density at radius 1 is 1.25 bits per heavy atom. The second-order valence-electron chi connectivity index (χ2n) is 5.00. The van der Waals surface area contributed by atoms with Gasteiger partial charge in [0.2, 0.25) is 11.8 Å². The van der Waals surface area contributed by atoms with Crippen LogP contribution in [0.5, 0.6) is 0 Å². The molecule has 1 atom stereocenters. The SMILES string of the molecule is CCCNC(=O)C(CCCl)C(=O)Nc1ccc(Cl)c(C(F)(F)F)c1. The fourth-order valence-electron chi connectivity index (χ4n) is 1.91. The van der Waals surface area contributed by atoms with Gasteiger partial charge >= 0.3 is 6.18 Å². The summed E-state index contributed by atoms with van der Waals surface area (Å²) in [7, 11) is 0. The third kappa shape index (κ3) is 5.87. The molecule has 1 rings (SSSR count). The molecule has 0 aliphatic heterocycles. The molecular formula is C15H17Cl2F3N2O2. The first-order valence-electron chi connectivity index (χ1n) is 7.22. The van der Waals surface area contributed by atoms with E-state index in [0.29, 0.717) is 13.0 Å². The van der Waals surface area contributed by atoms with Crippen molar-refractivity contribution in [3.05, 3.63) is 28.8 Å². The number of hydrogen-bond donors (Lipinski definition) is 2. The van der Waals surface area contributed by atoms with Gasteiger partial charge in [-0.15, -0.1) is 11.6 Å². The minimum Gasteiger partial charge on any atom is -0.355 e. The van der Waals surface area contributed by atoms with Crippen LogP contribution in [-0.2, 0) is 15.8 Å². The molecular weight excluding hydrogens is 368 g/mol. The maximum atomic E-state index is 12.8. The predicted octanol–water partition coefficient (Wildman–Crippen LogP) is 4.07. The fourth-order valence-corrected chi connectivity index (χ4v) is 2.35. The number of amides is 2. The van der Waals surface area contributed by atoms with Crippen LogP contribution in [0.15, 0.2) is 18.2 Å². The van der Waals surface area contributed by atoms with Gasteiger partial charge in [0.1, 0.15) is 5.92 Å². The maximum absolute atomic E-state index is 12.8. The molecule has 0 spiro atoms. The largest absolute Gasteiger partial charge is 0.417 e. The Morgan fingerprint density at radius 2 is 1.92 bits per heavy atom. The zero-order valence-electron chi connectivity index (χ0n) is 12.8. The van der Waals surface area contributed by atoms with Gasteiger partial charge in [0.05, 0.1) is 10.6 Å². The summed E-state index contributed by atoms with van der Waals surface area (Å²) >= 11 is 11.1. The summed E-state index contributed by atoms with van der Waals surface area (Å²) < 4.78 is 38.5. The minimum absolute atomic E-state index is 0.0616. The molecule has 2 N–H and O–H groups in total. The Balaban J connectivity index is 2.93. The molecule has 0 radical (unpaired) electrons. The van der Waals surface area contributed by atoms with Crippen molar-refractivity contribution in [2.75, 3.05) is 17.7 Å². The topological polar surface area (TPSA) is 58.2 Å². The van der Waals surface area contributed by atoms with E-state index >= 15 is 0 Å². The normalized spacial score (nSPS) is 12.6. The lowest BCUT2D eigenvalue weighted by molar-refractivity contribution is -0.137. The number of rotatable bonds is 7. The number of alkyl halides is 4. The average Bonchev–Trinajstić information content (AvgIpc) is 2.50. The van der Waals surface area contributed by atoms with Crippen LogP contribution in [0, 0.1) is 5.92 Å². The molecule has 0 aliphatic rings. The Labute approximate surface area is 147 Å². The second kappa shape index (κ2) is 9.13. The van der Waals surface area contributed by atoms with Crippen molar-refractivity contribution >= 4 is 40.7 Å². The lowest BCUT2D eigenvalue weighted by Crippen LogP contribution is -2.38. The lowest BCUT2D eigenvalue weighted by Gasteiger charge is -2.17. The molecule has 0 bridgehead atoms. The highest BCUT2D eigenvalue weighted by atomic mass is 35.5. The van der Waals surface area contributed by atoms with Crippen molar-refractivity contribution in [2.24, 2.45) is 5.92 Å². The molecule has 0 aromatic heterocycles. The minimum atomic E-state index is -4.65. The molecule has 0 aliphatic carbocycles. The van der Waals surface area contributed by atoms with E-state index in [1.807, 2.05) is 6.92 Å². The summed E-state index contributed by atoms with van der Waals surface area (Å²) in [6.07, 6.45) is -3.89. The van der Waals surface area contributed by atoms with Crippen molar-refractivity contribution in [3.8, 4) is 0 Å². The average molecular weight is 385 g/mol. The van der Waals surface area contributed by atoms with E-state index in [0.717, 1.165) is 12.1 Å². The predicted molar refractivity (Wildman–Crippen MR) is 87.2 cm³/mol. The number of anilines is 1. The van der Waals surface area contributed by atoms with Crippen molar-refractivity contribution in [1.82, 2.24) is 5.32 Å². The van der Waals surface area contributed by atoms with Gasteiger partial charge in [0, 0.05) is 18.1 Å². The molecule has 1 aromatic carbocycles. The molecule has 0 heterocycles. The van der Waals surface area contributed by atoms with Crippen LogP contribution < -0.4 is 10.6 Å². The Bertz CT molecular complexity index is 595. The van der Waals surface area contributed by atoms with Gasteiger partial charge < -0.3 is 10.6 Å². The van der Waals surface area contributed by atoms with Crippen molar-refractivity contribution in [2.45, 2.75) is 25.9 Å². The Morgan fingerprint density at radius 3 is 2.46 bits per heavy atom. The lowest BCUT2D eigenvalue weighted by atomic mass is 10.0. The van der Waals surface area contributed by atoms with E-state index < -0.39 is 34.5 Å². The number of halogens is 5. The summed E-state index contributed by atoms with van der Waals surface area (Å²) in [6.45, 7) is 2.24. The number of hydrogen-bond acceptors (Lipinski definition) is 2. The van der Waals surface area contributed by atoms with E-state index in [2.05, 4.69) is 10.6 Å². The van der Waals surface area contributed by atoms with Crippen LogP contribution >= 0.6 is 23.2 Å². The summed E-state index contributed by atoms with van der Waals surface area (Å²) in [4.78, 5) is 24.2. The monoisotopic (exact) mass is 384 g/mol. The molecule has 2 amide bonds. The zero-order chi connectivity index (χ0) is 18.3. The van der Waals surface area contributed by atoms with E-state index in [1.165, 1.54) is 6.07 Å². The van der Waals surface area contributed by atoms with E-state index in [1.54, 1.807) is 0 Å². The molecule has 0 fully saturated rings. The third-order valence-corrected chi connectivity index (χ3v) is 3.67. The van der Waals surface area contributed by atoms with Gasteiger partial charge in [-0.25, -0.2) is 0 Å². The highest BCUT2D eigenvalue weighted by Crippen LogP contribution is 2.36. The van der Waals surface area contributed by atoms with Crippen LogP contribution in [0.1, 0.15) is 25.3 Å². The van der Waals surface area contributed by atoms with Gasteiger partial charge in [-0.2, -0.15) is 13.2 Å². The van der Waals surface area contributed by atoms with Crippen molar-refractivity contribution < 1.29 is 22.8 Å². The number of nitrogens with one attached hydrogen (secondary N) is 2. The third-order valence-electron chi connectivity index (χ3n) is 3.12. The van der Waals surface area contributed by atoms with Gasteiger partial charge in [-0.3, -0.25) is 9.59 Å². The van der Waals surface area contributed by atoms with E-state index in [-0.39, 0.29) is 18.0 Å². The highest BCUT2D eigenvalue weighted by Gasteiger charge is 2.34. The standard InChI is InChI=1S/C15H17Cl2F3N2O2/c1-2-7-21-13(23)10(5-6-16)14(24)22-9-3-4-12(17)11(8-9)15(18,19)20/h3-4,8,10H,2,5-7H2,1H3,(H,21,23)(H,22,24). The fraction of sp³-hybridized carbons (Fsp3) is 0.467. The molecule has 0 saturated carbocycles. The molecule has 0 saturated heterocycles. The van der Waals surface area contributed by atoms with Gasteiger partial charge in [-0.1, -0.05) is 18.5 Å². The van der Waals surface area contributed by atoms with Gasteiger partial charge in [0.15, 0.2) is 0 Å².